The number of hydrogen-bond acceptors (Lipinski definition) is 4. The molecule has 0 N–H and O–H groups in total. The summed E-state index contributed by atoms with van der Waals surface area (Å²) in [6.07, 6.45) is 0. The van der Waals surface area contributed by atoms with Gasteiger partial charge in [0, 0.05) is 44.2 Å². The highest BCUT2D eigenvalue weighted by atomic mass is 14.9. The van der Waals surface area contributed by atoms with E-state index in [9.17, 15) is 0 Å². The van der Waals surface area contributed by atoms with Crippen LogP contribution in [0.5, 0.6) is 0 Å². The van der Waals surface area contributed by atoms with Crippen molar-refractivity contribution in [2.75, 3.05) is 0 Å². The maximum Gasteiger partial charge on any atom is 0.187 e. The van der Waals surface area contributed by atoms with Crippen LogP contribution in [0.25, 0.3) is 177 Å². The van der Waals surface area contributed by atoms with Crippen molar-refractivity contribution in [2.45, 2.75) is 38.5 Å². The van der Waals surface area contributed by atoms with E-state index >= 15 is 0 Å². The van der Waals surface area contributed by atoms with Gasteiger partial charge in [0.15, 0.2) is 23.0 Å². The first kappa shape index (κ1) is 67.6. The topological polar surface area (TPSA) is 60.3 Å². The highest BCUT2D eigenvalue weighted by molar-refractivity contribution is 5.95. The lowest BCUT2D eigenvalue weighted by molar-refractivity contribution is 0.660. The summed E-state index contributed by atoms with van der Waals surface area (Å²) in [7, 11) is 0. The lowest BCUT2D eigenvalue weighted by atomic mass is 9.82. The summed E-state index contributed by atoms with van der Waals surface area (Å²) in [6, 6.07) is 128. The van der Waals surface area contributed by atoms with E-state index in [1.807, 2.05) is 42.5 Å². The van der Waals surface area contributed by atoms with Crippen LogP contribution in [-0.2, 0) is 10.8 Å². The van der Waals surface area contributed by atoms with Crippen LogP contribution in [0.15, 0.2) is 364 Å². The minimum absolute atomic E-state index is 0.163. The molecule has 2 aliphatic carbocycles. The molecule has 0 saturated heterocycles. The molecule has 0 aliphatic heterocycles. The molecule has 0 amide bonds. The molecule has 2 aromatic heterocycles. The molecule has 0 atom stereocenters. The van der Waals surface area contributed by atoms with Gasteiger partial charge in [-0.2, -0.15) is 0 Å². The van der Waals surface area contributed by atoms with Gasteiger partial charge in [0.2, 0.25) is 0 Å². The summed E-state index contributed by atoms with van der Waals surface area (Å²) >= 11 is 0. The molecular weight excluding hydrogens is 1330 g/mol. The quantitative estimate of drug-likeness (QED) is 0.114. The summed E-state index contributed by atoms with van der Waals surface area (Å²) in [5.74, 6) is 1.37. The number of nitrogens with zero attached hydrogens (tertiary/aromatic N) is 6. The number of rotatable bonds is 12. The zero-order valence-corrected chi connectivity index (χ0v) is 61.3. The summed E-state index contributed by atoms with van der Waals surface area (Å²) in [4.78, 5) is 28.1. The molecule has 6 heteroatoms. The fraction of sp³-hybridized carbons (Fsp3) is 0.0577. The Bertz CT molecular complexity index is 6420. The van der Waals surface area contributed by atoms with Crippen LogP contribution in [0.2, 0.25) is 0 Å². The van der Waals surface area contributed by atoms with Crippen LogP contribution in [0.4, 0.5) is 11.4 Å². The van der Waals surface area contributed by atoms with E-state index in [0.717, 1.165) is 95.1 Å². The monoisotopic (exact) mass is 1400 g/mol. The fourth-order valence-corrected chi connectivity index (χ4v) is 16.1. The minimum Gasteiger partial charge on any atom is -0.238 e. The van der Waals surface area contributed by atoms with E-state index in [4.69, 9.17) is 33.1 Å². The average molecular weight is 1410 g/mol. The second kappa shape index (κ2) is 28.2. The Hall–Kier alpha value is -14.3. The fourth-order valence-electron chi connectivity index (χ4n) is 16.1. The molecule has 19 rings (SSSR count). The predicted molar refractivity (Wildman–Crippen MR) is 454 cm³/mol. The molecule has 0 unspecified atom stereocenters. The van der Waals surface area contributed by atoms with Gasteiger partial charge >= 0.3 is 0 Å². The van der Waals surface area contributed by atoms with Crippen LogP contribution >= 0.6 is 0 Å². The van der Waals surface area contributed by atoms with Crippen molar-refractivity contribution in [1.82, 2.24) is 19.9 Å². The first-order valence-corrected chi connectivity index (χ1v) is 37.3. The Morgan fingerprint density at radius 3 is 1.15 bits per heavy atom. The Morgan fingerprint density at radius 1 is 0.209 bits per heavy atom. The Labute approximate surface area is 642 Å². The molecule has 110 heavy (non-hydrogen) atoms. The Morgan fingerprint density at radius 2 is 0.573 bits per heavy atom. The molecule has 0 bridgehead atoms. The molecule has 0 fully saturated rings. The van der Waals surface area contributed by atoms with Crippen LogP contribution in [0, 0.1) is 13.1 Å². The predicted octanol–water partition coefficient (Wildman–Crippen LogP) is 27.8. The maximum atomic E-state index is 7.59. The third-order valence-electron chi connectivity index (χ3n) is 22.0. The third-order valence-corrected chi connectivity index (χ3v) is 22.0. The SMILES string of the molecule is [C-]#[N+]c1ccc2c(c1)C(C)(C)c1ccc(-c3cccc(-c4cccc(-c5cc(-c6ccc(-c7ccccc7)cc6)nc(-c6ccc(-c7ccccc7)cc6)n5)c4)c3)cc1-2.[C-]#[N+]c1ccc2c(c1)C(C)(C)c1cccc(-c3cccc(-c4cccc(-c5nc(-c6ccccc6)cc(-c6ccc7ccccc7c6)n5)c4)c3)c1-2. The molecular formula is C104H72N6. The van der Waals surface area contributed by atoms with Gasteiger partial charge < -0.3 is 0 Å². The molecule has 518 valence electrons. The standard InChI is InChI=1S/C56H39N3.C48H33N3/c1-56(2)51-31-28-46(34-50(51)49-30-29-48(57-3)35-52(49)56)44-17-10-16-43(32-44)45-18-11-19-47(33-45)54-36-53(41-24-20-39(21-25-41)37-12-6-4-7-13-37)58-55(59-54)42-26-22-40(23-27-42)38-14-8-5-9-15-38;1-48(2)42-21-11-20-40(46(42)41-25-24-39(49-3)29-43(41)48)36-18-9-16-34(26-36)35-17-10-19-38(28-35)47-50-44(32-13-5-4-6-14-32)30-45(51-47)37-23-22-31-12-7-8-15-33(31)27-37/h4-36H,1-2H3;4-30H,1-2H3. The van der Waals surface area contributed by atoms with Gasteiger partial charge in [-0.3, -0.25) is 0 Å². The highest BCUT2D eigenvalue weighted by Crippen LogP contribution is 2.54. The van der Waals surface area contributed by atoms with E-state index in [1.54, 1.807) is 0 Å². The van der Waals surface area contributed by atoms with Crippen LogP contribution < -0.4 is 0 Å². The molecule has 2 aliphatic rings. The first-order valence-electron chi connectivity index (χ1n) is 37.3. The summed E-state index contributed by atoms with van der Waals surface area (Å²) in [5.41, 5.74) is 34.4. The van der Waals surface area contributed by atoms with Gasteiger partial charge in [-0.05, 0) is 171 Å². The normalized spacial score (nSPS) is 12.5. The molecule has 0 spiro atoms. The van der Waals surface area contributed by atoms with Gasteiger partial charge in [0.25, 0.3) is 0 Å². The lowest BCUT2D eigenvalue weighted by Gasteiger charge is -2.22. The van der Waals surface area contributed by atoms with Crippen molar-refractivity contribution in [3.8, 4) is 157 Å². The number of fused-ring (bicyclic) bond motifs is 7. The van der Waals surface area contributed by atoms with Gasteiger partial charge in [-0.1, -0.05) is 343 Å². The molecule has 0 radical (unpaired) electrons. The molecule has 2 heterocycles. The van der Waals surface area contributed by atoms with E-state index in [1.165, 1.54) is 83.1 Å². The van der Waals surface area contributed by atoms with Crippen molar-refractivity contribution >= 4 is 22.1 Å². The number of hydrogen-bond donors (Lipinski definition) is 0. The maximum absolute atomic E-state index is 7.59. The van der Waals surface area contributed by atoms with Gasteiger partial charge in [-0.15, -0.1) is 0 Å². The van der Waals surface area contributed by atoms with Crippen molar-refractivity contribution in [2.24, 2.45) is 0 Å². The largest absolute Gasteiger partial charge is 0.238 e. The molecule has 0 saturated carbocycles. The first-order chi connectivity index (χ1) is 53.9. The zero-order valence-electron chi connectivity index (χ0n) is 61.3. The smallest absolute Gasteiger partial charge is 0.187 e. The summed E-state index contributed by atoms with van der Waals surface area (Å²) in [6.45, 7) is 24.2. The Balaban J connectivity index is 0.000000156. The summed E-state index contributed by atoms with van der Waals surface area (Å²) < 4.78 is 0. The average Bonchev–Trinajstić information content (AvgIpc) is 1.67. The van der Waals surface area contributed by atoms with Gasteiger partial charge in [0.05, 0.1) is 35.9 Å². The third kappa shape index (κ3) is 12.8. The van der Waals surface area contributed by atoms with Crippen LogP contribution in [-0.4, -0.2) is 19.9 Å². The second-order valence-corrected chi connectivity index (χ2v) is 29.5. The van der Waals surface area contributed by atoms with E-state index < -0.39 is 0 Å². The highest BCUT2D eigenvalue weighted by Gasteiger charge is 2.38. The van der Waals surface area contributed by atoms with E-state index in [-0.39, 0.29) is 10.8 Å². The van der Waals surface area contributed by atoms with Gasteiger partial charge in [0.1, 0.15) is 0 Å². The minimum atomic E-state index is -0.187. The zero-order chi connectivity index (χ0) is 74.5. The number of benzene rings is 15. The van der Waals surface area contributed by atoms with Crippen LogP contribution in [0.3, 0.4) is 0 Å². The lowest BCUT2D eigenvalue weighted by Crippen LogP contribution is -2.14. The van der Waals surface area contributed by atoms with E-state index in [2.05, 4.69) is 359 Å². The molecule has 15 aromatic carbocycles. The van der Waals surface area contributed by atoms with Crippen molar-refractivity contribution < 1.29 is 0 Å². The van der Waals surface area contributed by atoms with Gasteiger partial charge in [-0.25, -0.2) is 29.6 Å². The van der Waals surface area contributed by atoms with Crippen molar-refractivity contribution in [1.29, 1.82) is 0 Å². The van der Waals surface area contributed by atoms with Crippen LogP contribution in [0.1, 0.15) is 49.9 Å². The molecule has 17 aromatic rings. The molecule has 6 nitrogen and oxygen atoms in total. The van der Waals surface area contributed by atoms with E-state index in [0.29, 0.717) is 23.0 Å². The Kier molecular flexibility index (Phi) is 17.3. The van der Waals surface area contributed by atoms with Crippen molar-refractivity contribution in [3.63, 3.8) is 0 Å². The van der Waals surface area contributed by atoms with Crippen molar-refractivity contribution in [3.05, 3.63) is 409 Å². The number of aromatic nitrogens is 4. The second-order valence-electron chi connectivity index (χ2n) is 29.5. The summed E-state index contributed by atoms with van der Waals surface area (Å²) in [5, 5.41) is 2.39.